The maximum absolute atomic E-state index is 13.2. The van der Waals surface area contributed by atoms with Gasteiger partial charge in [-0.3, -0.25) is 4.79 Å². The summed E-state index contributed by atoms with van der Waals surface area (Å²) in [5.74, 6) is -0.0753. The van der Waals surface area contributed by atoms with Crippen LogP contribution < -0.4 is 5.32 Å². The number of aromatic amines is 1. The minimum Gasteiger partial charge on any atom is -0.361 e. The zero-order valence-electron chi connectivity index (χ0n) is 14.5. The zero-order chi connectivity index (χ0) is 18.6. The van der Waals surface area contributed by atoms with Crippen molar-refractivity contribution in [3.8, 4) is 0 Å². The van der Waals surface area contributed by atoms with Crippen LogP contribution in [0.15, 0.2) is 65.3 Å². The Balaban J connectivity index is 1.34. The minimum absolute atomic E-state index is 0.223. The largest absolute Gasteiger partial charge is 0.361 e. The first kappa shape index (κ1) is 17.0. The summed E-state index contributed by atoms with van der Waals surface area (Å²) in [6.45, 7) is 0.493. The Bertz CT molecular complexity index is 1080. The predicted octanol–water partition coefficient (Wildman–Crippen LogP) is 3.86. The molecule has 0 bridgehead atoms. The van der Waals surface area contributed by atoms with Crippen LogP contribution in [0.25, 0.3) is 10.9 Å². The standard InChI is InChI=1S/C21H18FN3O2/c22-16-5-3-4-14(10-16)11-17-12-20(25-27-17)21(26)23-9-8-15-13-24-19-7-2-1-6-18(15)19/h1-7,10,12-13,24H,8-9,11H2,(H,23,26). The highest BCUT2D eigenvalue weighted by Gasteiger charge is 2.13. The van der Waals surface area contributed by atoms with Gasteiger partial charge in [0, 0.05) is 36.1 Å². The third-order valence-corrected chi connectivity index (χ3v) is 4.41. The molecule has 6 heteroatoms. The maximum atomic E-state index is 13.2. The van der Waals surface area contributed by atoms with Crippen molar-refractivity contribution in [1.29, 1.82) is 0 Å². The van der Waals surface area contributed by atoms with Gasteiger partial charge in [0.2, 0.25) is 0 Å². The van der Waals surface area contributed by atoms with E-state index in [0.29, 0.717) is 25.1 Å². The molecular weight excluding hydrogens is 345 g/mol. The molecule has 0 unspecified atom stereocenters. The molecule has 0 spiro atoms. The molecule has 0 aliphatic heterocycles. The van der Waals surface area contributed by atoms with Crippen LogP contribution in [0.5, 0.6) is 0 Å². The van der Waals surface area contributed by atoms with Crippen LogP contribution in [0.3, 0.4) is 0 Å². The van der Waals surface area contributed by atoms with E-state index in [1.54, 1.807) is 18.2 Å². The topological polar surface area (TPSA) is 70.9 Å². The molecule has 136 valence electrons. The number of benzene rings is 2. The lowest BCUT2D eigenvalue weighted by Gasteiger charge is -2.02. The number of nitrogens with zero attached hydrogens (tertiary/aromatic N) is 1. The quantitative estimate of drug-likeness (QED) is 0.546. The van der Waals surface area contributed by atoms with E-state index in [1.165, 1.54) is 12.1 Å². The Morgan fingerprint density at radius 1 is 1.15 bits per heavy atom. The van der Waals surface area contributed by atoms with Crippen molar-refractivity contribution in [2.75, 3.05) is 6.54 Å². The number of rotatable bonds is 6. The van der Waals surface area contributed by atoms with E-state index < -0.39 is 0 Å². The number of nitrogens with one attached hydrogen (secondary N) is 2. The molecule has 27 heavy (non-hydrogen) atoms. The van der Waals surface area contributed by atoms with Crippen molar-refractivity contribution in [1.82, 2.24) is 15.5 Å². The summed E-state index contributed by atoms with van der Waals surface area (Å²) >= 11 is 0. The Morgan fingerprint density at radius 3 is 2.93 bits per heavy atom. The van der Waals surface area contributed by atoms with E-state index in [2.05, 4.69) is 21.5 Å². The fraction of sp³-hybridized carbons (Fsp3) is 0.143. The number of hydrogen-bond donors (Lipinski definition) is 2. The van der Waals surface area contributed by atoms with E-state index in [-0.39, 0.29) is 17.4 Å². The summed E-state index contributed by atoms with van der Waals surface area (Å²) in [7, 11) is 0. The molecule has 0 fully saturated rings. The Morgan fingerprint density at radius 2 is 2.04 bits per heavy atom. The number of fused-ring (bicyclic) bond motifs is 1. The highest BCUT2D eigenvalue weighted by Crippen LogP contribution is 2.18. The fourth-order valence-electron chi connectivity index (χ4n) is 3.09. The number of para-hydroxylation sites is 1. The van der Waals surface area contributed by atoms with E-state index in [0.717, 1.165) is 22.0 Å². The molecule has 0 aliphatic rings. The molecular formula is C21H18FN3O2. The summed E-state index contributed by atoms with van der Waals surface area (Å²) < 4.78 is 18.4. The van der Waals surface area contributed by atoms with Gasteiger partial charge in [0.15, 0.2) is 5.69 Å². The third kappa shape index (κ3) is 3.89. The average molecular weight is 363 g/mol. The molecule has 5 nitrogen and oxygen atoms in total. The van der Waals surface area contributed by atoms with E-state index in [4.69, 9.17) is 4.52 Å². The second-order valence-corrected chi connectivity index (χ2v) is 6.35. The molecule has 1 amide bonds. The van der Waals surface area contributed by atoms with Crippen LogP contribution in [-0.2, 0) is 12.8 Å². The van der Waals surface area contributed by atoms with Gasteiger partial charge >= 0.3 is 0 Å². The van der Waals surface area contributed by atoms with E-state index in [1.807, 2.05) is 24.4 Å². The van der Waals surface area contributed by atoms with Crippen molar-refractivity contribution in [3.63, 3.8) is 0 Å². The molecule has 0 saturated carbocycles. The normalized spacial score (nSPS) is 11.0. The molecule has 2 heterocycles. The number of amides is 1. The van der Waals surface area contributed by atoms with Crippen LogP contribution in [0.2, 0.25) is 0 Å². The summed E-state index contributed by atoms with van der Waals surface area (Å²) in [4.78, 5) is 15.5. The minimum atomic E-state index is -0.303. The number of hydrogen-bond acceptors (Lipinski definition) is 3. The first-order chi connectivity index (χ1) is 13.2. The van der Waals surface area contributed by atoms with Gasteiger partial charge in [0.25, 0.3) is 5.91 Å². The number of halogens is 1. The molecule has 2 N–H and O–H groups in total. The molecule has 4 aromatic rings. The van der Waals surface area contributed by atoms with Gasteiger partial charge in [-0.1, -0.05) is 35.5 Å². The van der Waals surface area contributed by atoms with Gasteiger partial charge < -0.3 is 14.8 Å². The molecule has 2 aromatic heterocycles. The molecule has 0 saturated heterocycles. The van der Waals surface area contributed by atoms with Crippen molar-refractivity contribution in [2.45, 2.75) is 12.8 Å². The maximum Gasteiger partial charge on any atom is 0.273 e. The number of carbonyl (C=O) groups is 1. The van der Waals surface area contributed by atoms with E-state index >= 15 is 0 Å². The van der Waals surface area contributed by atoms with Crippen molar-refractivity contribution >= 4 is 16.8 Å². The third-order valence-electron chi connectivity index (χ3n) is 4.41. The molecule has 0 atom stereocenters. The Labute approximate surface area is 155 Å². The second kappa shape index (κ2) is 7.45. The SMILES string of the molecule is O=C(NCCc1c[nH]c2ccccc12)c1cc(Cc2cccc(F)c2)on1. The van der Waals surface area contributed by atoms with Crippen molar-refractivity contribution in [2.24, 2.45) is 0 Å². The van der Waals surface area contributed by atoms with Crippen molar-refractivity contribution in [3.05, 3.63) is 89.2 Å². The highest BCUT2D eigenvalue weighted by atomic mass is 19.1. The van der Waals surface area contributed by atoms with Crippen molar-refractivity contribution < 1.29 is 13.7 Å². The van der Waals surface area contributed by atoms with Gasteiger partial charge in [-0.2, -0.15) is 0 Å². The molecule has 2 aromatic carbocycles. The molecule has 4 rings (SSSR count). The first-order valence-corrected chi connectivity index (χ1v) is 8.72. The van der Waals surface area contributed by atoms with Crippen LogP contribution in [-0.4, -0.2) is 22.6 Å². The van der Waals surface area contributed by atoms with Crippen LogP contribution in [0.1, 0.15) is 27.4 Å². The Hall–Kier alpha value is -3.41. The van der Waals surface area contributed by atoms with Gasteiger partial charge in [-0.05, 0) is 35.7 Å². The zero-order valence-corrected chi connectivity index (χ0v) is 14.5. The lowest BCUT2D eigenvalue weighted by atomic mass is 10.1. The summed E-state index contributed by atoms with van der Waals surface area (Å²) in [6.07, 6.45) is 3.06. The lowest BCUT2D eigenvalue weighted by Crippen LogP contribution is -2.25. The predicted molar refractivity (Wildman–Crippen MR) is 100 cm³/mol. The van der Waals surface area contributed by atoms with Gasteiger partial charge in [-0.15, -0.1) is 0 Å². The summed E-state index contributed by atoms with van der Waals surface area (Å²) in [5.41, 5.74) is 3.22. The van der Waals surface area contributed by atoms with Gasteiger partial charge in [0.1, 0.15) is 11.6 Å². The first-order valence-electron chi connectivity index (χ1n) is 8.72. The average Bonchev–Trinajstić information content (AvgIpc) is 3.29. The summed E-state index contributed by atoms with van der Waals surface area (Å²) in [5, 5.41) is 7.82. The number of H-pyrrole nitrogens is 1. The number of aromatic nitrogens is 2. The van der Waals surface area contributed by atoms with Crippen LogP contribution in [0.4, 0.5) is 4.39 Å². The Kier molecular flexibility index (Phi) is 4.70. The summed E-state index contributed by atoms with van der Waals surface area (Å²) in [6, 6.07) is 15.9. The van der Waals surface area contributed by atoms with Crippen LogP contribution in [0, 0.1) is 5.82 Å². The molecule has 0 radical (unpaired) electrons. The van der Waals surface area contributed by atoms with Crippen LogP contribution >= 0.6 is 0 Å². The fourth-order valence-corrected chi connectivity index (χ4v) is 3.09. The molecule has 0 aliphatic carbocycles. The monoisotopic (exact) mass is 363 g/mol. The van der Waals surface area contributed by atoms with Gasteiger partial charge in [0.05, 0.1) is 0 Å². The second-order valence-electron chi connectivity index (χ2n) is 6.35. The van der Waals surface area contributed by atoms with Gasteiger partial charge in [-0.25, -0.2) is 4.39 Å². The van der Waals surface area contributed by atoms with E-state index in [9.17, 15) is 9.18 Å². The number of carbonyl (C=O) groups excluding carboxylic acids is 1. The smallest absolute Gasteiger partial charge is 0.273 e. The lowest BCUT2D eigenvalue weighted by molar-refractivity contribution is 0.0945. The highest BCUT2D eigenvalue weighted by molar-refractivity contribution is 5.92.